The van der Waals surface area contributed by atoms with Crippen LogP contribution in [0.15, 0.2) is 30.3 Å². The van der Waals surface area contributed by atoms with Crippen LogP contribution < -0.4 is 0 Å². The zero-order chi connectivity index (χ0) is 12.3. The van der Waals surface area contributed by atoms with Crippen molar-refractivity contribution in [2.24, 2.45) is 0 Å². The number of para-hydroxylation sites is 1. The van der Waals surface area contributed by atoms with Crippen molar-refractivity contribution in [3.63, 3.8) is 0 Å². The summed E-state index contributed by atoms with van der Waals surface area (Å²) in [7, 11) is 0. The molecule has 2 aromatic rings. The van der Waals surface area contributed by atoms with E-state index in [1.54, 1.807) is 12.1 Å². The molecule has 3 heteroatoms. The van der Waals surface area contributed by atoms with Crippen LogP contribution in [0.3, 0.4) is 0 Å². The number of carbonyl (C=O) groups is 1. The van der Waals surface area contributed by atoms with Gasteiger partial charge >= 0.3 is 5.97 Å². The van der Waals surface area contributed by atoms with Gasteiger partial charge in [0.1, 0.15) is 0 Å². The highest BCUT2D eigenvalue weighted by molar-refractivity contribution is 6.01. The minimum absolute atomic E-state index is 0.279. The van der Waals surface area contributed by atoms with Gasteiger partial charge in [0.15, 0.2) is 0 Å². The van der Waals surface area contributed by atoms with Crippen molar-refractivity contribution in [3.05, 3.63) is 41.6 Å². The van der Waals surface area contributed by atoms with Crippen LogP contribution in [-0.2, 0) is 6.42 Å². The smallest absolute Gasteiger partial charge is 0.337 e. The largest absolute Gasteiger partial charge is 0.478 e. The minimum Gasteiger partial charge on any atom is -0.478 e. The second kappa shape index (κ2) is 4.95. The number of carboxylic acid groups (broad SMARTS) is 1. The fraction of sp³-hybridized carbons (Fsp3) is 0.286. The molecule has 0 saturated heterocycles. The number of hydrogen-bond donors (Lipinski definition) is 1. The van der Waals surface area contributed by atoms with Crippen molar-refractivity contribution in [1.29, 1.82) is 0 Å². The van der Waals surface area contributed by atoms with Gasteiger partial charge in [-0.3, -0.25) is 4.98 Å². The predicted octanol–water partition coefficient (Wildman–Crippen LogP) is 3.28. The average molecular weight is 229 g/mol. The van der Waals surface area contributed by atoms with Crippen molar-refractivity contribution < 1.29 is 9.90 Å². The second-order valence-corrected chi connectivity index (χ2v) is 4.09. The summed E-state index contributed by atoms with van der Waals surface area (Å²) < 4.78 is 0. The highest BCUT2D eigenvalue weighted by atomic mass is 16.4. The van der Waals surface area contributed by atoms with Gasteiger partial charge in [0.25, 0.3) is 0 Å². The molecule has 0 aliphatic carbocycles. The van der Waals surface area contributed by atoms with Gasteiger partial charge in [-0.2, -0.15) is 0 Å². The molecule has 0 bridgehead atoms. The van der Waals surface area contributed by atoms with Gasteiger partial charge in [0.05, 0.1) is 11.1 Å². The lowest BCUT2D eigenvalue weighted by Crippen LogP contribution is -2.00. The lowest BCUT2D eigenvalue weighted by molar-refractivity contribution is 0.0699. The number of aromatic nitrogens is 1. The first-order valence-corrected chi connectivity index (χ1v) is 5.84. The first-order chi connectivity index (χ1) is 8.22. The van der Waals surface area contributed by atoms with E-state index in [9.17, 15) is 4.79 Å². The Bertz CT molecular complexity index is 549. The average Bonchev–Trinajstić information content (AvgIpc) is 2.35. The maximum atomic E-state index is 11.1. The van der Waals surface area contributed by atoms with E-state index in [0.717, 1.165) is 30.3 Å². The number of carboxylic acids is 1. The molecule has 0 amide bonds. The third-order valence-corrected chi connectivity index (χ3v) is 2.79. The first kappa shape index (κ1) is 11.6. The molecule has 0 saturated carbocycles. The summed E-state index contributed by atoms with van der Waals surface area (Å²) >= 11 is 0. The van der Waals surface area contributed by atoms with Crippen LogP contribution >= 0.6 is 0 Å². The molecule has 1 aromatic carbocycles. The van der Waals surface area contributed by atoms with E-state index in [2.05, 4.69) is 11.9 Å². The second-order valence-electron chi connectivity index (χ2n) is 4.09. The fourth-order valence-electron chi connectivity index (χ4n) is 1.86. The molecule has 0 spiro atoms. The summed E-state index contributed by atoms with van der Waals surface area (Å²) in [5.41, 5.74) is 1.84. The third-order valence-electron chi connectivity index (χ3n) is 2.79. The van der Waals surface area contributed by atoms with Gasteiger partial charge in [-0.05, 0) is 25.0 Å². The van der Waals surface area contributed by atoms with Crippen LogP contribution in [0.1, 0.15) is 35.8 Å². The van der Waals surface area contributed by atoms with Gasteiger partial charge in [-0.15, -0.1) is 0 Å². The number of nitrogens with zero attached hydrogens (tertiary/aromatic N) is 1. The molecule has 3 nitrogen and oxygen atoms in total. The highest BCUT2D eigenvalue weighted by Gasteiger charge is 2.09. The Labute approximate surface area is 100 Å². The Kier molecular flexibility index (Phi) is 3.38. The summed E-state index contributed by atoms with van der Waals surface area (Å²) in [6.07, 6.45) is 3.09. The molecule has 1 aromatic heterocycles. The van der Waals surface area contributed by atoms with Gasteiger partial charge in [-0.1, -0.05) is 31.5 Å². The number of aromatic carboxylic acids is 1. The van der Waals surface area contributed by atoms with Crippen LogP contribution in [0.25, 0.3) is 10.9 Å². The number of benzene rings is 1. The van der Waals surface area contributed by atoms with Gasteiger partial charge < -0.3 is 5.11 Å². The van der Waals surface area contributed by atoms with Gasteiger partial charge in [-0.25, -0.2) is 4.79 Å². The topological polar surface area (TPSA) is 50.2 Å². The van der Waals surface area contributed by atoms with E-state index in [1.165, 1.54) is 0 Å². The molecule has 17 heavy (non-hydrogen) atoms. The number of fused-ring (bicyclic) bond motifs is 1. The zero-order valence-corrected chi connectivity index (χ0v) is 9.81. The molecular formula is C14H15NO2. The van der Waals surface area contributed by atoms with E-state index in [1.807, 2.05) is 18.2 Å². The van der Waals surface area contributed by atoms with Gasteiger partial charge in [0, 0.05) is 11.1 Å². The number of hydrogen-bond acceptors (Lipinski definition) is 2. The number of pyridine rings is 1. The van der Waals surface area contributed by atoms with Crippen LogP contribution in [0.4, 0.5) is 0 Å². The Hall–Kier alpha value is -1.90. The zero-order valence-electron chi connectivity index (χ0n) is 9.81. The van der Waals surface area contributed by atoms with Gasteiger partial charge in [0.2, 0.25) is 0 Å². The quantitative estimate of drug-likeness (QED) is 0.875. The summed E-state index contributed by atoms with van der Waals surface area (Å²) in [4.78, 5) is 15.6. The molecule has 0 atom stereocenters. The minimum atomic E-state index is -0.921. The Morgan fingerprint density at radius 3 is 2.82 bits per heavy atom. The van der Waals surface area contributed by atoms with Crippen molar-refractivity contribution in [2.75, 3.05) is 0 Å². The monoisotopic (exact) mass is 229 g/mol. The van der Waals surface area contributed by atoms with Crippen molar-refractivity contribution in [1.82, 2.24) is 4.98 Å². The summed E-state index contributed by atoms with van der Waals surface area (Å²) in [6, 6.07) is 9.15. The van der Waals surface area contributed by atoms with Crippen LogP contribution in [0, 0.1) is 0 Å². The predicted molar refractivity (Wildman–Crippen MR) is 67.3 cm³/mol. The highest BCUT2D eigenvalue weighted by Crippen LogP contribution is 2.18. The van der Waals surface area contributed by atoms with E-state index < -0.39 is 5.97 Å². The maximum absolute atomic E-state index is 11.1. The first-order valence-electron chi connectivity index (χ1n) is 5.84. The molecule has 0 radical (unpaired) electrons. The number of unbranched alkanes of at least 4 members (excludes halogenated alkanes) is 1. The number of rotatable bonds is 4. The van der Waals surface area contributed by atoms with Crippen LogP contribution in [0.2, 0.25) is 0 Å². The molecule has 2 rings (SSSR count). The van der Waals surface area contributed by atoms with E-state index in [4.69, 9.17) is 5.11 Å². The Balaban J connectivity index is 2.50. The van der Waals surface area contributed by atoms with Crippen molar-refractivity contribution in [2.45, 2.75) is 26.2 Å². The number of aryl methyl sites for hydroxylation is 1. The third kappa shape index (κ3) is 2.44. The van der Waals surface area contributed by atoms with E-state index >= 15 is 0 Å². The Morgan fingerprint density at radius 1 is 1.29 bits per heavy atom. The standard InChI is InChI=1S/C14H15NO2/c1-2-3-6-11-9-8-10-5-4-7-12(14(16)17)13(10)15-11/h4-5,7-9H,2-3,6H2,1H3,(H,16,17). The molecule has 0 unspecified atom stereocenters. The summed E-state index contributed by atoms with van der Waals surface area (Å²) in [5.74, 6) is -0.921. The molecule has 0 aliphatic heterocycles. The normalized spacial score (nSPS) is 10.6. The van der Waals surface area contributed by atoms with Crippen molar-refractivity contribution >= 4 is 16.9 Å². The van der Waals surface area contributed by atoms with Crippen molar-refractivity contribution in [3.8, 4) is 0 Å². The maximum Gasteiger partial charge on any atom is 0.337 e. The molecule has 0 aliphatic rings. The lowest BCUT2D eigenvalue weighted by atomic mass is 10.1. The molecular weight excluding hydrogens is 214 g/mol. The molecule has 88 valence electrons. The lowest BCUT2D eigenvalue weighted by Gasteiger charge is -2.04. The summed E-state index contributed by atoms with van der Waals surface area (Å²) in [6.45, 7) is 2.13. The molecule has 1 N–H and O–H groups in total. The fourth-order valence-corrected chi connectivity index (χ4v) is 1.86. The molecule has 1 heterocycles. The van der Waals surface area contributed by atoms with Crippen LogP contribution in [-0.4, -0.2) is 16.1 Å². The SMILES string of the molecule is CCCCc1ccc2cccc(C(=O)O)c2n1. The van der Waals surface area contributed by atoms with E-state index in [0.29, 0.717) is 5.52 Å². The molecule has 0 fully saturated rings. The Morgan fingerprint density at radius 2 is 2.12 bits per heavy atom. The van der Waals surface area contributed by atoms with E-state index in [-0.39, 0.29) is 5.56 Å². The summed E-state index contributed by atoms with van der Waals surface area (Å²) in [5, 5.41) is 9.99. The van der Waals surface area contributed by atoms with Crippen LogP contribution in [0.5, 0.6) is 0 Å².